The number of hydrogen-bond donors (Lipinski definition) is 2. The van der Waals surface area contributed by atoms with E-state index in [9.17, 15) is 13.2 Å². The van der Waals surface area contributed by atoms with Crippen LogP contribution in [-0.4, -0.2) is 57.8 Å². The molecule has 32 heavy (non-hydrogen) atoms. The first-order valence-corrected chi connectivity index (χ1v) is 12.1. The Morgan fingerprint density at radius 2 is 1.72 bits per heavy atom. The van der Waals surface area contributed by atoms with Gasteiger partial charge in [-0.1, -0.05) is 12.1 Å². The van der Waals surface area contributed by atoms with E-state index in [-0.39, 0.29) is 41.0 Å². The summed E-state index contributed by atoms with van der Waals surface area (Å²) >= 11 is 1.84. The number of ether oxygens (including phenoxy) is 1. The van der Waals surface area contributed by atoms with E-state index in [4.69, 9.17) is 16.2 Å². The Labute approximate surface area is 205 Å². The molecule has 0 bridgehead atoms. The quantitative estimate of drug-likeness (QED) is 0.292. The lowest BCUT2D eigenvalue weighted by Crippen LogP contribution is -2.24. The minimum atomic E-state index is -3.66. The zero-order chi connectivity index (χ0) is 22.3. The molecule has 0 fully saturated rings. The number of nitrogens with zero attached hydrogens (tertiary/aromatic N) is 2. The zero-order valence-corrected chi connectivity index (χ0v) is 21.2. The van der Waals surface area contributed by atoms with Crippen LogP contribution < -0.4 is 16.2 Å². The molecular weight excluding hydrogens is 495 g/mol. The van der Waals surface area contributed by atoms with E-state index >= 15 is 0 Å². The molecule has 0 saturated carbocycles. The van der Waals surface area contributed by atoms with E-state index in [1.165, 1.54) is 18.2 Å². The van der Waals surface area contributed by atoms with Crippen molar-refractivity contribution < 1.29 is 17.9 Å². The number of rotatable bonds is 9. The number of carbonyl (C=O) groups is 1. The first-order chi connectivity index (χ1) is 14.1. The Hall–Kier alpha value is -1.98. The summed E-state index contributed by atoms with van der Waals surface area (Å²) in [7, 11) is 0.421. The highest BCUT2D eigenvalue weighted by Crippen LogP contribution is 2.30. The van der Waals surface area contributed by atoms with Gasteiger partial charge in [-0.25, -0.2) is 8.42 Å². The van der Waals surface area contributed by atoms with Gasteiger partial charge >= 0.3 is 0 Å². The van der Waals surface area contributed by atoms with Crippen molar-refractivity contribution in [3.63, 3.8) is 0 Å². The second kappa shape index (κ2) is 13.5. The number of nitrogens with two attached hydrogens (primary N) is 2. The molecule has 2 aromatic carbocycles. The van der Waals surface area contributed by atoms with Crippen molar-refractivity contribution in [3.8, 4) is 11.5 Å². The number of hydrogen-bond acceptors (Lipinski definition) is 6. The van der Waals surface area contributed by atoms with Crippen LogP contribution in [0.15, 0.2) is 52.4 Å². The smallest absolute Gasteiger partial charge is 0.280 e. The molecule has 0 heterocycles. The molecule has 0 radical (unpaired) electrons. The van der Waals surface area contributed by atoms with Gasteiger partial charge in [0.1, 0.15) is 16.4 Å². The normalized spacial score (nSPS) is 10.6. The highest BCUT2D eigenvalue weighted by molar-refractivity contribution is 7.98. The van der Waals surface area contributed by atoms with E-state index in [0.717, 1.165) is 29.9 Å². The van der Waals surface area contributed by atoms with Crippen molar-refractivity contribution in [2.24, 2.45) is 16.5 Å². The van der Waals surface area contributed by atoms with Gasteiger partial charge in [0, 0.05) is 29.9 Å². The minimum absolute atomic E-state index is 0. The highest BCUT2D eigenvalue weighted by atomic mass is 35.5. The average molecular weight is 524 g/mol. The molecule has 4 N–H and O–H groups in total. The number of thioether (sulfide) groups is 1. The SMILES string of the molecule is CN(C)CCSCc1ccc(Oc2ccc(C(=O)N=C(N)N)cc2S(C)(=O)=O)cc1.Cl.Cl. The van der Waals surface area contributed by atoms with Crippen molar-refractivity contribution in [1.29, 1.82) is 0 Å². The summed E-state index contributed by atoms with van der Waals surface area (Å²) < 4.78 is 30.2. The maximum Gasteiger partial charge on any atom is 0.280 e. The van der Waals surface area contributed by atoms with E-state index in [2.05, 4.69) is 9.89 Å². The topological polar surface area (TPSA) is 128 Å². The number of carbonyl (C=O) groups excluding carboxylic acids is 1. The molecule has 0 atom stereocenters. The van der Waals surface area contributed by atoms with E-state index in [1.54, 1.807) is 12.1 Å². The molecule has 2 aromatic rings. The summed E-state index contributed by atoms with van der Waals surface area (Å²) in [6, 6.07) is 11.5. The maximum atomic E-state index is 12.2. The third-order valence-electron chi connectivity index (χ3n) is 3.92. The summed E-state index contributed by atoms with van der Waals surface area (Å²) in [5, 5.41) is 0. The lowest BCUT2D eigenvalue weighted by Gasteiger charge is -2.12. The van der Waals surface area contributed by atoms with Gasteiger partial charge in [0.15, 0.2) is 15.8 Å². The Morgan fingerprint density at radius 3 is 2.25 bits per heavy atom. The van der Waals surface area contributed by atoms with Crippen molar-refractivity contribution >= 4 is 58.3 Å². The number of guanidine groups is 1. The van der Waals surface area contributed by atoms with Crippen LogP contribution in [0.4, 0.5) is 0 Å². The average Bonchev–Trinajstić information content (AvgIpc) is 2.65. The van der Waals surface area contributed by atoms with E-state index in [0.29, 0.717) is 5.75 Å². The van der Waals surface area contributed by atoms with Crippen LogP contribution in [0, 0.1) is 0 Å². The lowest BCUT2D eigenvalue weighted by atomic mass is 10.2. The van der Waals surface area contributed by atoms with Gasteiger partial charge in [-0.2, -0.15) is 16.8 Å². The first kappa shape index (κ1) is 30.0. The predicted octanol–water partition coefficient (Wildman–Crippen LogP) is 2.93. The van der Waals surface area contributed by atoms with Crippen LogP contribution in [0.1, 0.15) is 15.9 Å². The Morgan fingerprint density at radius 1 is 1.09 bits per heavy atom. The van der Waals surface area contributed by atoms with Gasteiger partial charge in [-0.05, 0) is 50.0 Å². The van der Waals surface area contributed by atoms with Crippen molar-refractivity contribution in [2.45, 2.75) is 10.6 Å². The molecular formula is C20H28Cl2N4O4S2. The molecule has 0 unspecified atom stereocenters. The summed E-state index contributed by atoms with van der Waals surface area (Å²) in [6.07, 6.45) is 1.04. The maximum absolute atomic E-state index is 12.2. The van der Waals surface area contributed by atoms with Gasteiger partial charge in [0.05, 0.1) is 0 Å². The van der Waals surface area contributed by atoms with Crippen molar-refractivity contribution in [1.82, 2.24) is 4.90 Å². The first-order valence-electron chi connectivity index (χ1n) is 9.03. The fraction of sp³-hybridized carbons (Fsp3) is 0.300. The number of halogens is 2. The van der Waals surface area contributed by atoms with E-state index < -0.39 is 21.7 Å². The fourth-order valence-corrected chi connectivity index (χ4v) is 4.30. The van der Waals surface area contributed by atoms with Crippen LogP contribution in [0.3, 0.4) is 0 Å². The third-order valence-corrected chi connectivity index (χ3v) is 6.05. The molecule has 0 aliphatic carbocycles. The standard InChI is InChI=1S/C20H26N4O4S2.2ClH/c1-24(2)10-11-29-13-14-4-7-16(8-5-14)28-17-9-6-15(19(25)23-20(21)22)12-18(17)30(3,26)27;;/h4-9,12H,10-11,13H2,1-3H3,(H4,21,22,23,25);2*1H. The fourth-order valence-electron chi connectivity index (χ4n) is 2.41. The molecule has 12 heteroatoms. The molecule has 178 valence electrons. The van der Waals surface area contributed by atoms with Crippen molar-refractivity contribution in [2.75, 3.05) is 32.6 Å². The summed E-state index contributed by atoms with van der Waals surface area (Å²) in [4.78, 5) is 17.4. The molecule has 0 aliphatic rings. The zero-order valence-electron chi connectivity index (χ0n) is 18.0. The summed E-state index contributed by atoms with van der Waals surface area (Å²) in [5.41, 5.74) is 11.6. The number of benzene rings is 2. The lowest BCUT2D eigenvalue weighted by molar-refractivity contribution is 0.100. The van der Waals surface area contributed by atoms with Gasteiger partial charge in [-0.3, -0.25) is 4.79 Å². The molecule has 0 spiro atoms. The summed E-state index contributed by atoms with van der Waals surface area (Å²) in [5.74, 6) is 1.39. The van der Waals surface area contributed by atoms with Crippen molar-refractivity contribution in [3.05, 3.63) is 53.6 Å². The molecule has 0 aromatic heterocycles. The molecule has 8 nitrogen and oxygen atoms in total. The second-order valence-corrected chi connectivity index (χ2v) is 9.97. The monoisotopic (exact) mass is 522 g/mol. The van der Waals surface area contributed by atoms with Crippen LogP contribution >= 0.6 is 36.6 Å². The van der Waals surface area contributed by atoms with Gasteiger partial charge in [0.25, 0.3) is 5.91 Å². The highest BCUT2D eigenvalue weighted by Gasteiger charge is 2.18. The van der Waals surface area contributed by atoms with Crippen LogP contribution in [0.5, 0.6) is 11.5 Å². The Bertz CT molecular complexity index is 1030. The summed E-state index contributed by atoms with van der Waals surface area (Å²) in [6.45, 7) is 1.02. The number of aliphatic imine (C=N–C) groups is 1. The van der Waals surface area contributed by atoms with Gasteiger partial charge in [-0.15, -0.1) is 24.8 Å². The second-order valence-electron chi connectivity index (χ2n) is 6.88. The number of amides is 1. The van der Waals surface area contributed by atoms with Crippen LogP contribution in [0.2, 0.25) is 0 Å². The van der Waals surface area contributed by atoms with Crippen LogP contribution in [0.25, 0.3) is 0 Å². The minimum Gasteiger partial charge on any atom is -0.456 e. The molecule has 0 saturated heterocycles. The van der Waals surface area contributed by atoms with Crippen LogP contribution in [-0.2, 0) is 15.6 Å². The molecule has 0 aliphatic heterocycles. The molecule has 1 amide bonds. The molecule has 2 rings (SSSR count). The van der Waals surface area contributed by atoms with Gasteiger partial charge in [0.2, 0.25) is 0 Å². The Kier molecular flexibility index (Phi) is 12.7. The largest absolute Gasteiger partial charge is 0.456 e. The Balaban J connectivity index is 0.00000480. The third kappa shape index (κ3) is 9.66. The van der Waals surface area contributed by atoms with E-state index in [1.807, 2.05) is 38.0 Å². The number of sulfone groups is 1. The predicted molar refractivity (Wildman–Crippen MR) is 135 cm³/mol. The van der Waals surface area contributed by atoms with Gasteiger partial charge < -0.3 is 21.1 Å².